The van der Waals surface area contributed by atoms with Crippen LogP contribution in [0.3, 0.4) is 0 Å². The van der Waals surface area contributed by atoms with E-state index in [0.717, 1.165) is 0 Å². The Labute approximate surface area is 133 Å². The SMILES string of the molecule is CN(C)C(=O)c1cccc(Nc2cc(Cl)ccc2C(=O)O)c1. The van der Waals surface area contributed by atoms with Gasteiger partial charge in [0.1, 0.15) is 0 Å². The number of amides is 1. The molecule has 6 heteroatoms. The van der Waals surface area contributed by atoms with Gasteiger partial charge in [0.05, 0.1) is 11.3 Å². The molecular formula is C16H15ClN2O3. The highest BCUT2D eigenvalue weighted by Gasteiger charge is 2.12. The Kier molecular flexibility index (Phi) is 4.68. The lowest BCUT2D eigenvalue weighted by atomic mass is 10.1. The van der Waals surface area contributed by atoms with E-state index in [9.17, 15) is 14.7 Å². The summed E-state index contributed by atoms with van der Waals surface area (Å²) in [6.07, 6.45) is 0. The smallest absolute Gasteiger partial charge is 0.337 e. The minimum Gasteiger partial charge on any atom is -0.478 e. The number of carboxylic acid groups (broad SMARTS) is 1. The van der Waals surface area contributed by atoms with Crippen molar-refractivity contribution in [3.05, 3.63) is 58.6 Å². The van der Waals surface area contributed by atoms with E-state index < -0.39 is 5.97 Å². The molecule has 2 aromatic rings. The van der Waals surface area contributed by atoms with Gasteiger partial charge in [-0.05, 0) is 36.4 Å². The molecule has 22 heavy (non-hydrogen) atoms. The van der Waals surface area contributed by atoms with Crippen LogP contribution >= 0.6 is 11.6 Å². The largest absolute Gasteiger partial charge is 0.478 e. The van der Waals surface area contributed by atoms with Gasteiger partial charge in [-0.2, -0.15) is 0 Å². The van der Waals surface area contributed by atoms with Crippen LogP contribution in [0, 0.1) is 0 Å². The topological polar surface area (TPSA) is 69.6 Å². The molecule has 114 valence electrons. The van der Waals surface area contributed by atoms with Crippen molar-refractivity contribution in [3.63, 3.8) is 0 Å². The monoisotopic (exact) mass is 318 g/mol. The Morgan fingerprint density at radius 3 is 2.50 bits per heavy atom. The molecule has 0 radical (unpaired) electrons. The van der Waals surface area contributed by atoms with Gasteiger partial charge in [-0.3, -0.25) is 4.79 Å². The maximum absolute atomic E-state index is 12.0. The van der Waals surface area contributed by atoms with Gasteiger partial charge in [0.25, 0.3) is 5.91 Å². The summed E-state index contributed by atoms with van der Waals surface area (Å²) in [5.74, 6) is -1.19. The molecular weight excluding hydrogens is 304 g/mol. The van der Waals surface area contributed by atoms with Crippen LogP contribution in [0.25, 0.3) is 0 Å². The molecule has 0 fully saturated rings. The second-order valence-corrected chi connectivity index (χ2v) is 5.34. The number of carbonyl (C=O) groups is 2. The van der Waals surface area contributed by atoms with E-state index in [2.05, 4.69) is 5.32 Å². The van der Waals surface area contributed by atoms with Crippen molar-refractivity contribution < 1.29 is 14.7 Å². The highest BCUT2D eigenvalue weighted by atomic mass is 35.5. The predicted octanol–water partition coefficient (Wildman–Crippen LogP) is 3.48. The predicted molar refractivity (Wildman–Crippen MR) is 86.2 cm³/mol. The molecule has 0 aliphatic heterocycles. The minimum absolute atomic E-state index is 0.105. The number of hydrogen-bond acceptors (Lipinski definition) is 3. The number of benzene rings is 2. The number of anilines is 2. The lowest BCUT2D eigenvalue weighted by Crippen LogP contribution is -2.21. The third-order valence-electron chi connectivity index (χ3n) is 3.01. The average molecular weight is 319 g/mol. The second-order valence-electron chi connectivity index (χ2n) is 4.90. The van der Waals surface area contributed by atoms with E-state index in [0.29, 0.717) is 22.0 Å². The van der Waals surface area contributed by atoms with Crippen molar-refractivity contribution in [2.24, 2.45) is 0 Å². The van der Waals surface area contributed by atoms with Gasteiger partial charge in [-0.25, -0.2) is 4.79 Å². The number of rotatable bonds is 4. The molecule has 0 saturated heterocycles. The third-order valence-corrected chi connectivity index (χ3v) is 3.24. The van der Waals surface area contributed by atoms with E-state index in [4.69, 9.17) is 11.6 Å². The summed E-state index contributed by atoms with van der Waals surface area (Å²) in [4.78, 5) is 24.7. The second kappa shape index (κ2) is 6.49. The summed E-state index contributed by atoms with van der Waals surface area (Å²) in [7, 11) is 3.34. The summed E-state index contributed by atoms with van der Waals surface area (Å²) in [5, 5.41) is 12.6. The van der Waals surface area contributed by atoms with Crippen molar-refractivity contribution in [2.75, 3.05) is 19.4 Å². The van der Waals surface area contributed by atoms with Crippen LogP contribution in [0.1, 0.15) is 20.7 Å². The summed E-state index contributed by atoms with van der Waals surface area (Å²) >= 11 is 5.92. The molecule has 2 N–H and O–H groups in total. The summed E-state index contributed by atoms with van der Waals surface area (Å²) in [6.45, 7) is 0. The molecule has 2 rings (SSSR count). The van der Waals surface area contributed by atoms with Crippen LogP contribution in [0.5, 0.6) is 0 Å². The molecule has 5 nitrogen and oxygen atoms in total. The fourth-order valence-corrected chi connectivity index (χ4v) is 2.12. The molecule has 0 unspecified atom stereocenters. The Hall–Kier alpha value is -2.53. The number of nitrogens with zero attached hydrogens (tertiary/aromatic N) is 1. The molecule has 0 bridgehead atoms. The third kappa shape index (κ3) is 3.56. The number of aromatic carboxylic acids is 1. The first-order valence-electron chi connectivity index (χ1n) is 6.50. The normalized spacial score (nSPS) is 10.1. The van der Waals surface area contributed by atoms with Gasteiger partial charge in [-0.1, -0.05) is 17.7 Å². The Balaban J connectivity index is 2.36. The number of halogens is 1. The Morgan fingerprint density at radius 2 is 1.86 bits per heavy atom. The lowest BCUT2D eigenvalue weighted by Gasteiger charge is -2.13. The quantitative estimate of drug-likeness (QED) is 0.905. The Bertz CT molecular complexity index is 729. The van der Waals surface area contributed by atoms with E-state index in [1.807, 2.05) is 0 Å². The number of hydrogen-bond donors (Lipinski definition) is 2. The van der Waals surface area contributed by atoms with E-state index in [1.54, 1.807) is 38.4 Å². The first-order chi connectivity index (χ1) is 10.4. The fraction of sp³-hybridized carbons (Fsp3) is 0.125. The number of carbonyl (C=O) groups excluding carboxylic acids is 1. The van der Waals surface area contributed by atoms with Crippen molar-refractivity contribution in [3.8, 4) is 0 Å². The average Bonchev–Trinajstić information content (AvgIpc) is 2.46. The molecule has 2 aromatic carbocycles. The molecule has 0 spiro atoms. The van der Waals surface area contributed by atoms with Gasteiger partial charge >= 0.3 is 5.97 Å². The van der Waals surface area contributed by atoms with E-state index >= 15 is 0 Å². The van der Waals surface area contributed by atoms with Gasteiger partial charge in [0.15, 0.2) is 0 Å². The maximum atomic E-state index is 12.0. The maximum Gasteiger partial charge on any atom is 0.337 e. The van der Waals surface area contributed by atoms with Crippen molar-refractivity contribution >= 4 is 34.9 Å². The van der Waals surface area contributed by atoms with Gasteiger partial charge in [0, 0.05) is 30.4 Å². The van der Waals surface area contributed by atoms with Crippen LogP contribution in [0.15, 0.2) is 42.5 Å². The van der Waals surface area contributed by atoms with Crippen LogP contribution < -0.4 is 5.32 Å². The van der Waals surface area contributed by atoms with Crippen molar-refractivity contribution in [1.82, 2.24) is 4.90 Å². The first kappa shape index (κ1) is 15.9. The van der Waals surface area contributed by atoms with Crippen LogP contribution in [0.2, 0.25) is 5.02 Å². The highest BCUT2D eigenvalue weighted by molar-refractivity contribution is 6.31. The lowest BCUT2D eigenvalue weighted by molar-refractivity contribution is 0.0697. The zero-order chi connectivity index (χ0) is 16.3. The summed E-state index contributed by atoms with van der Waals surface area (Å²) < 4.78 is 0. The highest BCUT2D eigenvalue weighted by Crippen LogP contribution is 2.25. The molecule has 0 heterocycles. The summed E-state index contributed by atoms with van der Waals surface area (Å²) in [5.41, 5.74) is 1.59. The zero-order valence-electron chi connectivity index (χ0n) is 12.1. The molecule has 0 aliphatic rings. The van der Waals surface area contributed by atoms with E-state index in [-0.39, 0.29) is 11.5 Å². The van der Waals surface area contributed by atoms with Crippen LogP contribution in [-0.2, 0) is 0 Å². The van der Waals surface area contributed by atoms with Crippen molar-refractivity contribution in [1.29, 1.82) is 0 Å². The minimum atomic E-state index is -1.06. The van der Waals surface area contributed by atoms with Gasteiger partial charge in [0.2, 0.25) is 0 Å². The zero-order valence-corrected chi connectivity index (χ0v) is 12.9. The van der Waals surface area contributed by atoms with Crippen molar-refractivity contribution in [2.45, 2.75) is 0 Å². The van der Waals surface area contributed by atoms with Gasteiger partial charge < -0.3 is 15.3 Å². The van der Waals surface area contributed by atoms with E-state index in [1.165, 1.54) is 23.1 Å². The molecule has 0 saturated carbocycles. The number of nitrogens with one attached hydrogen (secondary N) is 1. The summed E-state index contributed by atoms with van der Waals surface area (Å²) in [6, 6.07) is 11.3. The fourth-order valence-electron chi connectivity index (χ4n) is 1.95. The number of carboxylic acids is 1. The molecule has 0 aliphatic carbocycles. The molecule has 1 amide bonds. The standard InChI is InChI=1S/C16H15ClN2O3/c1-19(2)15(20)10-4-3-5-12(8-10)18-14-9-11(17)6-7-13(14)16(21)22/h3-9,18H,1-2H3,(H,21,22). The van der Waals surface area contributed by atoms with Gasteiger partial charge in [-0.15, -0.1) is 0 Å². The van der Waals surface area contributed by atoms with Crippen LogP contribution in [-0.4, -0.2) is 36.0 Å². The molecule has 0 atom stereocenters. The first-order valence-corrected chi connectivity index (χ1v) is 6.88. The Morgan fingerprint density at radius 1 is 1.14 bits per heavy atom. The molecule has 0 aromatic heterocycles. The van der Waals surface area contributed by atoms with Crippen LogP contribution in [0.4, 0.5) is 11.4 Å².